The third kappa shape index (κ3) is 2.98. The summed E-state index contributed by atoms with van der Waals surface area (Å²) < 4.78 is 0. The number of carbonyl (C=O) groups excluding carboxylic acids is 2. The predicted molar refractivity (Wildman–Crippen MR) is 71.3 cm³/mol. The summed E-state index contributed by atoms with van der Waals surface area (Å²) in [6.45, 7) is 5.29. The van der Waals surface area contributed by atoms with Gasteiger partial charge in [-0.2, -0.15) is 0 Å². The van der Waals surface area contributed by atoms with Gasteiger partial charge in [0.1, 0.15) is 0 Å². The number of aliphatic hydroxyl groups is 1. The first-order chi connectivity index (χ1) is 9.04. The number of fused-ring (bicyclic) bond motifs is 1. The van der Waals surface area contributed by atoms with Crippen molar-refractivity contribution < 1.29 is 14.7 Å². The van der Waals surface area contributed by atoms with Gasteiger partial charge in [-0.05, 0) is 25.7 Å². The largest absolute Gasteiger partial charge is 0.392 e. The zero-order chi connectivity index (χ0) is 14.0. The average Bonchev–Trinajstić information content (AvgIpc) is 2.88. The van der Waals surface area contributed by atoms with Crippen LogP contribution in [0.25, 0.3) is 0 Å². The highest BCUT2D eigenvalue weighted by molar-refractivity contribution is 6.05. The lowest BCUT2D eigenvalue weighted by Crippen LogP contribution is -2.39. The van der Waals surface area contributed by atoms with E-state index in [2.05, 4.69) is 12.2 Å². The Balaban J connectivity index is 1.84. The maximum atomic E-state index is 12.2. The molecule has 1 heterocycles. The van der Waals surface area contributed by atoms with Crippen molar-refractivity contribution in [1.29, 1.82) is 0 Å². The van der Waals surface area contributed by atoms with Crippen molar-refractivity contribution >= 4 is 11.8 Å². The monoisotopic (exact) mass is 268 g/mol. The Kier molecular flexibility index (Phi) is 4.58. The second-order valence-corrected chi connectivity index (χ2v) is 5.84. The number of carbonyl (C=O) groups is 2. The summed E-state index contributed by atoms with van der Waals surface area (Å²) in [6, 6.07) is 0. The Morgan fingerprint density at radius 2 is 1.89 bits per heavy atom. The molecule has 1 saturated carbocycles. The van der Waals surface area contributed by atoms with Crippen molar-refractivity contribution in [2.24, 2.45) is 17.8 Å². The first-order valence-corrected chi connectivity index (χ1v) is 7.28. The van der Waals surface area contributed by atoms with Gasteiger partial charge in [-0.15, -0.1) is 0 Å². The Morgan fingerprint density at radius 3 is 2.37 bits per heavy atom. The summed E-state index contributed by atoms with van der Waals surface area (Å²) in [5.41, 5.74) is 0. The van der Waals surface area contributed by atoms with Crippen molar-refractivity contribution in [2.75, 3.05) is 19.6 Å². The Bertz CT molecular complexity index is 333. The van der Waals surface area contributed by atoms with Crippen LogP contribution >= 0.6 is 0 Å². The summed E-state index contributed by atoms with van der Waals surface area (Å²) in [5, 5.41) is 12.2. The topological polar surface area (TPSA) is 69.6 Å². The highest BCUT2D eigenvalue weighted by atomic mass is 16.3. The molecule has 2 rings (SSSR count). The van der Waals surface area contributed by atoms with E-state index < -0.39 is 6.10 Å². The van der Waals surface area contributed by atoms with Crippen LogP contribution in [0.15, 0.2) is 0 Å². The standard InChI is InChI=1S/C14H24N2O3/c1-3-10-6-11-12(7-10)14(19)16(13(11)18)5-4-15-8-9(2)17/h9-12,15,17H,3-8H2,1-2H3. The lowest BCUT2D eigenvalue weighted by molar-refractivity contribution is -0.140. The Morgan fingerprint density at radius 1 is 1.32 bits per heavy atom. The number of imide groups is 1. The summed E-state index contributed by atoms with van der Waals surface area (Å²) in [4.78, 5) is 25.8. The van der Waals surface area contributed by atoms with Crippen LogP contribution in [0.5, 0.6) is 0 Å². The molecule has 0 aromatic heterocycles. The molecule has 0 radical (unpaired) electrons. The summed E-state index contributed by atoms with van der Waals surface area (Å²) in [7, 11) is 0. The molecule has 0 bridgehead atoms. The van der Waals surface area contributed by atoms with Gasteiger partial charge >= 0.3 is 0 Å². The molecule has 19 heavy (non-hydrogen) atoms. The van der Waals surface area contributed by atoms with E-state index in [4.69, 9.17) is 5.11 Å². The summed E-state index contributed by atoms with van der Waals surface area (Å²) in [5.74, 6) is 0.455. The summed E-state index contributed by atoms with van der Waals surface area (Å²) in [6.07, 6.45) is 2.41. The van der Waals surface area contributed by atoms with Crippen LogP contribution in [0.4, 0.5) is 0 Å². The molecule has 2 fully saturated rings. The number of aliphatic hydroxyl groups excluding tert-OH is 1. The van der Waals surface area contributed by atoms with Gasteiger partial charge in [0.2, 0.25) is 11.8 Å². The number of amides is 2. The van der Waals surface area contributed by atoms with Crippen molar-refractivity contribution in [2.45, 2.75) is 39.2 Å². The quantitative estimate of drug-likeness (QED) is 0.540. The van der Waals surface area contributed by atoms with Gasteiger partial charge in [0.25, 0.3) is 0 Å². The molecule has 0 aromatic carbocycles. The first-order valence-electron chi connectivity index (χ1n) is 7.28. The van der Waals surface area contributed by atoms with Crippen LogP contribution in [-0.2, 0) is 9.59 Å². The van der Waals surface area contributed by atoms with Gasteiger partial charge in [0.15, 0.2) is 0 Å². The van der Waals surface area contributed by atoms with Gasteiger partial charge in [-0.25, -0.2) is 0 Å². The van der Waals surface area contributed by atoms with Crippen LogP contribution in [0, 0.1) is 17.8 Å². The zero-order valence-electron chi connectivity index (χ0n) is 11.8. The molecule has 2 aliphatic rings. The second-order valence-electron chi connectivity index (χ2n) is 5.84. The van der Waals surface area contributed by atoms with Gasteiger partial charge in [-0.3, -0.25) is 14.5 Å². The van der Waals surface area contributed by atoms with Gasteiger partial charge in [-0.1, -0.05) is 13.3 Å². The van der Waals surface area contributed by atoms with Crippen LogP contribution in [-0.4, -0.2) is 47.6 Å². The lowest BCUT2D eigenvalue weighted by Gasteiger charge is -2.18. The highest BCUT2D eigenvalue weighted by Gasteiger charge is 2.51. The number of nitrogens with zero attached hydrogens (tertiary/aromatic N) is 1. The Hall–Kier alpha value is -0.940. The molecule has 3 unspecified atom stereocenters. The predicted octanol–water partition coefficient (Wildman–Crippen LogP) is 0.378. The molecule has 0 spiro atoms. The molecular weight excluding hydrogens is 244 g/mol. The minimum atomic E-state index is -0.408. The van der Waals surface area contributed by atoms with E-state index >= 15 is 0 Å². The van der Waals surface area contributed by atoms with Crippen molar-refractivity contribution in [3.63, 3.8) is 0 Å². The molecule has 1 aliphatic carbocycles. The van der Waals surface area contributed by atoms with Crippen LogP contribution in [0.1, 0.15) is 33.1 Å². The van der Waals surface area contributed by atoms with E-state index in [1.807, 2.05) is 0 Å². The van der Waals surface area contributed by atoms with Crippen LogP contribution < -0.4 is 5.32 Å². The molecule has 5 nitrogen and oxygen atoms in total. The van der Waals surface area contributed by atoms with Gasteiger partial charge in [0.05, 0.1) is 17.9 Å². The normalized spacial score (nSPS) is 31.9. The molecule has 0 aromatic rings. The fourth-order valence-electron chi connectivity index (χ4n) is 3.25. The highest BCUT2D eigenvalue weighted by Crippen LogP contribution is 2.44. The van der Waals surface area contributed by atoms with E-state index in [-0.39, 0.29) is 23.7 Å². The van der Waals surface area contributed by atoms with E-state index in [1.54, 1.807) is 6.92 Å². The van der Waals surface area contributed by atoms with Gasteiger partial charge < -0.3 is 10.4 Å². The maximum Gasteiger partial charge on any atom is 0.233 e. The van der Waals surface area contributed by atoms with E-state index in [0.717, 1.165) is 19.3 Å². The molecule has 2 amide bonds. The van der Waals surface area contributed by atoms with Crippen LogP contribution in [0.3, 0.4) is 0 Å². The number of hydrogen-bond donors (Lipinski definition) is 2. The number of rotatable bonds is 6. The zero-order valence-corrected chi connectivity index (χ0v) is 11.8. The smallest absolute Gasteiger partial charge is 0.233 e. The van der Waals surface area contributed by atoms with E-state index in [9.17, 15) is 9.59 Å². The SMILES string of the molecule is CCC1CC2C(=O)N(CCNCC(C)O)C(=O)C2C1. The lowest BCUT2D eigenvalue weighted by atomic mass is 10.00. The van der Waals surface area contributed by atoms with Crippen molar-refractivity contribution in [3.8, 4) is 0 Å². The minimum Gasteiger partial charge on any atom is -0.392 e. The van der Waals surface area contributed by atoms with Crippen LogP contribution in [0.2, 0.25) is 0 Å². The van der Waals surface area contributed by atoms with Crippen molar-refractivity contribution in [3.05, 3.63) is 0 Å². The average molecular weight is 268 g/mol. The number of hydrogen-bond acceptors (Lipinski definition) is 4. The first kappa shape index (κ1) is 14.5. The van der Waals surface area contributed by atoms with Crippen molar-refractivity contribution in [1.82, 2.24) is 10.2 Å². The molecular formula is C14H24N2O3. The van der Waals surface area contributed by atoms with E-state index in [1.165, 1.54) is 4.90 Å². The van der Waals surface area contributed by atoms with E-state index in [0.29, 0.717) is 25.6 Å². The fraction of sp³-hybridized carbons (Fsp3) is 0.857. The minimum absolute atomic E-state index is 0.0183. The van der Waals surface area contributed by atoms with Gasteiger partial charge in [0, 0.05) is 19.6 Å². The third-order valence-electron chi connectivity index (χ3n) is 4.36. The second kappa shape index (κ2) is 6.01. The third-order valence-corrected chi connectivity index (χ3v) is 4.36. The molecule has 1 aliphatic heterocycles. The maximum absolute atomic E-state index is 12.2. The Labute approximate surface area is 114 Å². The molecule has 108 valence electrons. The fourth-order valence-corrected chi connectivity index (χ4v) is 3.25. The molecule has 5 heteroatoms. The molecule has 1 saturated heterocycles. The molecule has 2 N–H and O–H groups in total. The summed E-state index contributed by atoms with van der Waals surface area (Å²) >= 11 is 0. The molecule has 3 atom stereocenters. The number of likely N-dealkylation sites (tertiary alicyclic amines) is 1. The number of nitrogens with one attached hydrogen (secondary N) is 1.